The largest absolute Gasteiger partial charge is 0.478 e. The number of hydrogen-bond donors (Lipinski definition) is 3. The number of hydrogen-bond acceptors (Lipinski definition) is 6. The molecule has 0 aliphatic rings. The summed E-state index contributed by atoms with van der Waals surface area (Å²) >= 11 is 1.54. The van der Waals surface area contributed by atoms with Crippen molar-refractivity contribution in [3.05, 3.63) is 70.4 Å². The van der Waals surface area contributed by atoms with Gasteiger partial charge in [0.1, 0.15) is 17.0 Å². The molecule has 0 aliphatic carbocycles. The Balaban J connectivity index is 1.87. The molecule has 2 aromatic carbocycles. The van der Waals surface area contributed by atoms with E-state index in [0.29, 0.717) is 11.5 Å². The molecule has 0 aliphatic heterocycles. The van der Waals surface area contributed by atoms with E-state index in [1.54, 1.807) is 0 Å². The van der Waals surface area contributed by atoms with Crippen LogP contribution in [-0.4, -0.2) is 32.1 Å². The Morgan fingerprint density at radius 3 is 2.17 bits per heavy atom. The lowest BCUT2D eigenvalue weighted by Crippen LogP contribution is -2.05. The molecule has 7 nitrogen and oxygen atoms in total. The van der Waals surface area contributed by atoms with Gasteiger partial charge in [0.25, 0.3) is 0 Å². The summed E-state index contributed by atoms with van der Waals surface area (Å²) in [6.07, 6.45) is 1.43. The number of nitrogens with one attached hydrogen (secondary N) is 1. The molecule has 150 valence electrons. The fraction of sp³-hybridized carbons (Fsp3) is 0.0909. The Morgan fingerprint density at radius 1 is 0.933 bits per heavy atom. The summed E-state index contributed by atoms with van der Waals surface area (Å²) < 4.78 is 0. The van der Waals surface area contributed by atoms with Crippen molar-refractivity contribution < 1.29 is 19.8 Å². The molecule has 0 spiro atoms. The quantitative estimate of drug-likeness (QED) is 0.412. The summed E-state index contributed by atoms with van der Waals surface area (Å²) in [5, 5.41) is 22.6. The van der Waals surface area contributed by atoms with Crippen LogP contribution in [0.4, 0.5) is 11.5 Å². The molecule has 30 heavy (non-hydrogen) atoms. The maximum absolute atomic E-state index is 11.4. The van der Waals surface area contributed by atoms with Crippen molar-refractivity contribution >= 4 is 45.0 Å². The number of aromatic nitrogens is 2. The van der Waals surface area contributed by atoms with Crippen molar-refractivity contribution in [2.75, 3.05) is 5.32 Å². The number of benzene rings is 2. The smallest absolute Gasteiger partial charge is 0.335 e. The zero-order chi connectivity index (χ0) is 21.4. The first-order chi connectivity index (χ1) is 14.3. The van der Waals surface area contributed by atoms with Crippen LogP contribution in [0.15, 0.2) is 48.8 Å². The van der Waals surface area contributed by atoms with Gasteiger partial charge >= 0.3 is 11.9 Å². The lowest BCUT2D eigenvalue weighted by Gasteiger charge is -2.11. The van der Waals surface area contributed by atoms with Crippen LogP contribution in [0.2, 0.25) is 0 Å². The molecule has 2 aromatic heterocycles. The van der Waals surface area contributed by atoms with Crippen LogP contribution >= 0.6 is 11.3 Å². The Kier molecular flexibility index (Phi) is 4.93. The maximum Gasteiger partial charge on any atom is 0.335 e. The van der Waals surface area contributed by atoms with Gasteiger partial charge in [0.2, 0.25) is 0 Å². The van der Waals surface area contributed by atoms with E-state index in [2.05, 4.69) is 15.3 Å². The molecule has 0 amide bonds. The Hall–Kier alpha value is -3.78. The Bertz CT molecular complexity index is 1260. The Labute approximate surface area is 175 Å². The van der Waals surface area contributed by atoms with Crippen molar-refractivity contribution in [3.63, 3.8) is 0 Å². The molecule has 0 atom stereocenters. The molecule has 2 heterocycles. The third-order valence-electron chi connectivity index (χ3n) is 4.69. The molecule has 3 N–H and O–H groups in total. The topological polar surface area (TPSA) is 112 Å². The second-order valence-electron chi connectivity index (χ2n) is 6.84. The first-order valence-electron chi connectivity index (χ1n) is 9.03. The van der Waals surface area contributed by atoms with Gasteiger partial charge in [0, 0.05) is 16.1 Å². The van der Waals surface area contributed by atoms with Crippen LogP contribution in [-0.2, 0) is 0 Å². The van der Waals surface area contributed by atoms with Crippen LogP contribution in [0.25, 0.3) is 21.3 Å². The average molecular weight is 419 g/mol. The average Bonchev–Trinajstić information content (AvgIpc) is 3.05. The number of carboxylic acids is 2. The first-order valence-corrected chi connectivity index (χ1v) is 9.85. The fourth-order valence-corrected chi connectivity index (χ4v) is 4.30. The predicted molar refractivity (Wildman–Crippen MR) is 116 cm³/mol. The summed E-state index contributed by atoms with van der Waals surface area (Å²) in [5.41, 5.74) is 3.24. The number of carbonyl (C=O) groups is 2. The molecule has 0 saturated heterocycles. The van der Waals surface area contributed by atoms with Gasteiger partial charge in [-0.3, -0.25) is 0 Å². The van der Waals surface area contributed by atoms with Crippen LogP contribution < -0.4 is 5.32 Å². The molecular weight excluding hydrogens is 402 g/mol. The number of nitrogens with zero attached hydrogens (tertiary/aromatic N) is 2. The molecule has 4 aromatic rings. The van der Waals surface area contributed by atoms with Gasteiger partial charge in [-0.15, -0.1) is 11.3 Å². The molecule has 4 rings (SSSR count). The Morgan fingerprint density at radius 2 is 1.57 bits per heavy atom. The van der Waals surface area contributed by atoms with Gasteiger partial charge in [-0.1, -0.05) is 29.8 Å². The van der Waals surface area contributed by atoms with Gasteiger partial charge in [-0.2, -0.15) is 0 Å². The summed E-state index contributed by atoms with van der Waals surface area (Å²) in [4.78, 5) is 33.4. The van der Waals surface area contributed by atoms with E-state index in [1.165, 1.54) is 29.8 Å². The van der Waals surface area contributed by atoms with E-state index in [9.17, 15) is 19.8 Å². The zero-order valence-corrected chi connectivity index (χ0v) is 16.9. The second-order valence-corrected chi connectivity index (χ2v) is 8.04. The van der Waals surface area contributed by atoms with E-state index in [-0.39, 0.29) is 11.1 Å². The molecule has 0 fully saturated rings. The monoisotopic (exact) mass is 419 g/mol. The summed E-state index contributed by atoms with van der Waals surface area (Å²) in [6, 6.07) is 12.0. The lowest BCUT2D eigenvalue weighted by atomic mass is 10.0. The first kappa shape index (κ1) is 19.5. The molecular formula is C22H17N3O4S. The minimum Gasteiger partial charge on any atom is -0.478 e. The van der Waals surface area contributed by atoms with Gasteiger partial charge < -0.3 is 15.5 Å². The molecule has 0 saturated carbocycles. The summed E-state index contributed by atoms with van der Waals surface area (Å²) in [7, 11) is 0. The number of carboxylic acid groups (broad SMARTS) is 2. The predicted octanol–water partition coefficient (Wildman–Crippen LogP) is 5.12. The third kappa shape index (κ3) is 3.60. The van der Waals surface area contributed by atoms with Gasteiger partial charge in [0.15, 0.2) is 0 Å². The molecule has 0 bridgehead atoms. The minimum absolute atomic E-state index is 0.122. The number of thiophene rings is 1. The van der Waals surface area contributed by atoms with E-state index in [0.717, 1.165) is 37.9 Å². The van der Waals surface area contributed by atoms with Crippen molar-refractivity contribution in [2.24, 2.45) is 0 Å². The van der Waals surface area contributed by atoms with Crippen molar-refractivity contribution in [2.45, 2.75) is 13.8 Å². The summed E-state index contributed by atoms with van der Waals surface area (Å²) in [6.45, 7) is 4.03. The van der Waals surface area contributed by atoms with Crippen molar-refractivity contribution in [1.29, 1.82) is 0 Å². The van der Waals surface area contributed by atoms with Gasteiger partial charge in [0.05, 0.1) is 16.5 Å². The highest BCUT2D eigenvalue weighted by atomic mass is 32.1. The van der Waals surface area contributed by atoms with Crippen molar-refractivity contribution in [1.82, 2.24) is 9.97 Å². The fourth-order valence-electron chi connectivity index (χ4n) is 3.29. The SMILES string of the molecule is Cc1ccc(-c2c(C)sc3ncnc(Nc4cc(C(=O)O)cc(C(=O)O)c4)c23)cc1. The number of rotatable bonds is 5. The number of fused-ring (bicyclic) bond motifs is 1. The highest BCUT2D eigenvalue weighted by Gasteiger charge is 2.18. The number of anilines is 2. The van der Waals surface area contributed by atoms with Crippen LogP contribution in [0, 0.1) is 13.8 Å². The minimum atomic E-state index is -1.21. The van der Waals surface area contributed by atoms with Crippen LogP contribution in [0.3, 0.4) is 0 Å². The van der Waals surface area contributed by atoms with E-state index >= 15 is 0 Å². The third-order valence-corrected chi connectivity index (χ3v) is 5.71. The zero-order valence-electron chi connectivity index (χ0n) is 16.1. The van der Waals surface area contributed by atoms with E-state index < -0.39 is 11.9 Å². The van der Waals surface area contributed by atoms with E-state index in [4.69, 9.17) is 0 Å². The molecule has 0 unspecified atom stereocenters. The van der Waals surface area contributed by atoms with Crippen LogP contribution in [0.5, 0.6) is 0 Å². The number of aryl methyl sites for hydroxylation is 2. The maximum atomic E-state index is 11.4. The normalized spacial score (nSPS) is 10.9. The van der Waals surface area contributed by atoms with Crippen molar-refractivity contribution in [3.8, 4) is 11.1 Å². The number of aromatic carboxylic acids is 2. The van der Waals surface area contributed by atoms with Gasteiger partial charge in [-0.25, -0.2) is 19.6 Å². The van der Waals surface area contributed by atoms with Crippen LogP contribution in [0.1, 0.15) is 31.2 Å². The highest BCUT2D eigenvalue weighted by Crippen LogP contribution is 2.41. The van der Waals surface area contributed by atoms with E-state index in [1.807, 2.05) is 38.1 Å². The summed E-state index contributed by atoms with van der Waals surface area (Å²) in [5.74, 6) is -1.93. The molecule has 8 heteroatoms. The van der Waals surface area contributed by atoms with Gasteiger partial charge in [-0.05, 0) is 37.6 Å². The second kappa shape index (κ2) is 7.57. The molecule has 0 radical (unpaired) electrons. The highest BCUT2D eigenvalue weighted by molar-refractivity contribution is 7.19. The lowest BCUT2D eigenvalue weighted by molar-refractivity contribution is 0.0696. The standard InChI is InChI=1S/C22H17N3O4S/c1-11-3-5-13(6-4-11)17-12(2)30-20-18(17)19(23-10-24-20)25-16-8-14(21(26)27)7-15(9-16)22(28)29/h3-10H,1-2H3,(H,26,27)(H,28,29)(H,23,24,25).